The Kier molecular flexibility index (Phi) is 4.82. The smallest absolute Gasteiger partial charge is 0.325 e. The molecule has 2 aromatic rings. The van der Waals surface area contributed by atoms with E-state index in [1.165, 1.54) is 22.2 Å². The molecule has 0 bridgehead atoms. The van der Waals surface area contributed by atoms with Crippen LogP contribution in [0.4, 0.5) is 4.79 Å². The van der Waals surface area contributed by atoms with Crippen LogP contribution in [0.25, 0.3) is 0 Å². The zero-order chi connectivity index (χ0) is 15.2. The van der Waals surface area contributed by atoms with Gasteiger partial charge in [0.1, 0.15) is 12.2 Å². The molecule has 21 heavy (non-hydrogen) atoms. The van der Waals surface area contributed by atoms with E-state index >= 15 is 0 Å². The molecule has 0 aliphatic heterocycles. The van der Waals surface area contributed by atoms with Crippen LogP contribution in [0.5, 0.6) is 0 Å². The molecule has 2 aromatic heterocycles. The molecular formula is C11H14N6O3S. The highest BCUT2D eigenvalue weighted by Crippen LogP contribution is 2.10. The van der Waals surface area contributed by atoms with Crippen LogP contribution in [0.2, 0.25) is 0 Å². The molecule has 0 spiro atoms. The summed E-state index contributed by atoms with van der Waals surface area (Å²) in [6.45, 7) is 2.22. The number of urea groups is 1. The summed E-state index contributed by atoms with van der Waals surface area (Å²) < 4.78 is 1.19. The van der Waals surface area contributed by atoms with Gasteiger partial charge in [-0.2, -0.15) is 0 Å². The molecule has 0 radical (unpaired) electrons. The number of nitrogens with zero attached hydrogens (tertiary/aromatic N) is 4. The van der Waals surface area contributed by atoms with E-state index in [9.17, 15) is 9.59 Å². The lowest BCUT2D eigenvalue weighted by atomic mass is 10.4. The number of aliphatic carboxylic acids is 1. The second kappa shape index (κ2) is 6.79. The first kappa shape index (κ1) is 14.9. The Morgan fingerprint density at radius 2 is 2.14 bits per heavy atom. The van der Waals surface area contributed by atoms with Gasteiger partial charge in [0.25, 0.3) is 0 Å². The monoisotopic (exact) mass is 310 g/mol. The quantitative estimate of drug-likeness (QED) is 0.697. The minimum absolute atomic E-state index is 0.174. The number of nitrogens with one attached hydrogen (secondary N) is 2. The van der Waals surface area contributed by atoms with Crippen molar-refractivity contribution in [1.29, 1.82) is 0 Å². The molecule has 0 fully saturated rings. The predicted octanol–water partition coefficient (Wildman–Crippen LogP) is 0.127. The van der Waals surface area contributed by atoms with Crippen molar-refractivity contribution < 1.29 is 14.7 Å². The van der Waals surface area contributed by atoms with Crippen LogP contribution in [0.3, 0.4) is 0 Å². The van der Waals surface area contributed by atoms with E-state index in [2.05, 4.69) is 25.9 Å². The number of rotatable bonds is 6. The van der Waals surface area contributed by atoms with Crippen molar-refractivity contribution in [2.75, 3.05) is 0 Å². The van der Waals surface area contributed by atoms with Crippen LogP contribution < -0.4 is 10.6 Å². The number of carboxylic acid groups (broad SMARTS) is 1. The number of carbonyl (C=O) groups is 2. The molecule has 112 valence electrons. The van der Waals surface area contributed by atoms with Gasteiger partial charge in [-0.05, 0) is 6.92 Å². The maximum atomic E-state index is 11.6. The minimum Gasteiger partial charge on any atom is -0.480 e. The first-order chi connectivity index (χ1) is 10.0. The lowest BCUT2D eigenvalue weighted by Crippen LogP contribution is -2.34. The number of hydrogen-bond donors (Lipinski definition) is 3. The first-order valence-electron chi connectivity index (χ1n) is 6.07. The van der Waals surface area contributed by atoms with Crippen molar-refractivity contribution in [3.05, 3.63) is 28.0 Å². The van der Waals surface area contributed by atoms with E-state index in [-0.39, 0.29) is 19.1 Å². The van der Waals surface area contributed by atoms with Crippen LogP contribution >= 0.6 is 11.3 Å². The lowest BCUT2D eigenvalue weighted by molar-refractivity contribution is -0.137. The third-order valence-electron chi connectivity index (χ3n) is 2.41. The average molecular weight is 310 g/mol. The molecule has 0 unspecified atom stereocenters. The number of hydrogen-bond acceptors (Lipinski definition) is 6. The van der Waals surface area contributed by atoms with Crippen LogP contribution in [0.1, 0.15) is 15.6 Å². The predicted molar refractivity (Wildman–Crippen MR) is 73.6 cm³/mol. The third-order valence-corrected chi connectivity index (χ3v) is 3.32. The molecule has 2 amide bonds. The number of aryl methyl sites for hydroxylation is 1. The van der Waals surface area contributed by atoms with Gasteiger partial charge >= 0.3 is 12.0 Å². The SMILES string of the molecule is Cc1ncc(CNC(=O)NCc2cn(CC(=O)O)nn2)s1. The van der Waals surface area contributed by atoms with Crippen LogP contribution in [0.15, 0.2) is 12.4 Å². The molecule has 0 atom stereocenters. The standard InChI is InChI=1S/C11H14N6O3S/c1-7-12-3-9(21-7)4-14-11(20)13-2-8-5-17(16-15-8)6-10(18)19/h3,5H,2,4,6H2,1H3,(H,18,19)(H2,13,14,20). The molecule has 0 aromatic carbocycles. The van der Waals surface area contributed by atoms with Crippen LogP contribution in [-0.2, 0) is 24.4 Å². The van der Waals surface area contributed by atoms with E-state index in [4.69, 9.17) is 5.11 Å². The number of aromatic nitrogens is 4. The van der Waals surface area contributed by atoms with Gasteiger partial charge in [-0.15, -0.1) is 16.4 Å². The molecule has 0 saturated carbocycles. The highest BCUT2D eigenvalue weighted by Gasteiger charge is 2.06. The van der Waals surface area contributed by atoms with Crippen molar-refractivity contribution in [2.45, 2.75) is 26.6 Å². The maximum Gasteiger partial charge on any atom is 0.325 e. The summed E-state index contributed by atoms with van der Waals surface area (Å²) in [6, 6.07) is -0.339. The zero-order valence-corrected chi connectivity index (χ0v) is 12.1. The van der Waals surface area contributed by atoms with Gasteiger partial charge in [0.15, 0.2) is 0 Å². The highest BCUT2D eigenvalue weighted by molar-refractivity contribution is 7.11. The van der Waals surface area contributed by atoms with Crippen molar-refractivity contribution in [3.63, 3.8) is 0 Å². The minimum atomic E-state index is -1.00. The second-order valence-electron chi connectivity index (χ2n) is 4.18. The molecule has 3 N–H and O–H groups in total. The number of amides is 2. The van der Waals surface area contributed by atoms with Crippen molar-refractivity contribution in [3.8, 4) is 0 Å². The zero-order valence-electron chi connectivity index (χ0n) is 11.2. The molecular weight excluding hydrogens is 296 g/mol. The summed E-state index contributed by atoms with van der Waals surface area (Å²) in [6.07, 6.45) is 3.19. The fourth-order valence-corrected chi connectivity index (χ4v) is 2.26. The molecule has 2 rings (SSSR count). The fraction of sp³-hybridized carbons (Fsp3) is 0.364. The van der Waals surface area contributed by atoms with E-state index < -0.39 is 5.97 Å². The Bertz CT molecular complexity index is 637. The maximum absolute atomic E-state index is 11.6. The van der Waals surface area contributed by atoms with Crippen molar-refractivity contribution >= 4 is 23.3 Å². The molecule has 0 aliphatic carbocycles. The van der Waals surface area contributed by atoms with E-state index in [0.717, 1.165) is 9.88 Å². The normalized spacial score (nSPS) is 10.3. The molecule has 0 aliphatic rings. The Morgan fingerprint density at radius 1 is 1.38 bits per heavy atom. The second-order valence-corrected chi connectivity index (χ2v) is 5.50. The summed E-state index contributed by atoms with van der Waals surface area (Å²) in [5.74, 6) is -1.00. The Balaban J connectivity index is 1.73. The van der Waals surface area contributed by atoms with Gasteiger partial charge < -0.3 is 15.7 Å². The summed E-state index contributed by atoms with van der Waals surface area (Å²) in [7, 11) is 0. The van der Waals surface area contributed by atoms with E-state index in [1.54, 1.807) is 6.20 Å². The Hall–Kier alpha value is -2.49. The highest BCUT2D eigenvalue weighted by atomic mass is 32.1. The fourth-order valence-electron chi connectivity index (χ4n) is 1.52. The molecule has 0 saturated heterocycles. The van der Waals surface area contributed by atoms with Crippen molar-refractivity contribution in [2.24, 2.45) is 0 Å². The van der Waals surface area contributed by atoms with Crippen LogP contribution in [-0.4, -0.2) is 37.1 Å². The van der Waals surface area contributed by atoms with Gasteiger partial charge in [0.05, 0.1) is 24.3 Å². The van der Waals surface area contributed by atoms with E-state index in [0.29, 0.717) is 12.2 Å². The summed E-state index contributed by atoms with van der Waals surface area (Å²) >= 11 is 1.52. The van der Waals surface area contributed by atoms with E-state index in [1.807, 2.05) is 6.92 Å². The summed E-state index contributed by atoms with van der Waals surface area (Å²) in [5, 5.41) is 22.3. The van der Waals surface area contributed by atoms with Crippen molar-refractivity contribution in [1.82, 2.24) is 30.6 Å². The summed E-state index contributed by atoms with van der Waals surface area (Å²) in [4.78, 5) is 27.1. The van der Waals surface area contributed by atoms with Gasteiger partial charge in [-0.25, -0.2) is 14.5 Å². The third kappa shape index (κ3) is 4.84. The molecule has 2 heterocycles. The summed E-state index contributed by atoms with van der Waals surface area (Å²) in [5.41, 5.74) is 0.486. The number of carboxylic acids is 1. The number of carbonyl (C=O) groups excluding carboxylic acids is 1. The molecule has 10 heteroatoms. The first-order valence-corrected chi connectivity index (χ1v) is 6.88. The van der Waals surface area contributed by atoms with Gasteiger partial charge in [0.2, 0.25) is 0 Å². The lowest BCUT2D eigenvalue weighted by Gasteiger charge is -2.04. The average Bonchev–Trinajstić information content (AvgIpc) is 3.02. The van der Waals surface area contributed by atoms with Gasteiger partial charge in [-0.1, -0.05) is 5.21 Å². The van der Waals surface area contributed by atoms with Gasteiger partial charge in [-0.3, -0.25) is 4.79 Å². The van der Waals surface area contributed by atoms with Gasteiger partial charge in [0, 0.05) is 11.1 Å². The largest absolute Gasteiger partial charge is 0.480 e. The molecule has 9 nitrogen and oxygen atoms in total. The Morgan fingerprint density at radius 3 is 2.81 bits per heavy atom. The topological polar surface area (TPSA) is 122 Å². The Labute approximate surface area is 124 Å². The van der Waals surface area contributed by atoms with Crippen LogP contribution in [0, 0.1) is 6.92 Å². The number of thiazole rings is 1.